The van der Waals surface area contributed by atoms with Crippen LogP contribution in [0.5, 0.6) is 5.75 Å². The third-order valence-corrected chi connectivity index (χ3v) is 5.59. The molecule has 1 aromatic carbocycles. The summed E-state index contributed by atoms with van der Waals surface area (Å²) >= 11 is 3.51. The standard InChI is InChI=1S/C19H25BrN4O2/c1-13(14-7-8-17(26-2)16(20)11-14)21-12-19(25)23-18-9-10-22-24(18)15-5-3-4-6-15/h7-11,13,15,21H,3-6,12H2,1-2H3,(H,23,25)/p+1/t13-/m1/s1. The number of methoxy groups -OCH3 is 1. The lowest BCUT2D eigenvalue weighted by atomic mass is 10.1. The average Bonchev–Trinajstić information content (AvgIpc) is 3.30. The fraction of sp³-hybridized carbons (Fsp3) is 0.474. The van der Waals surface area contributed by atoms with Crippen LogP contribution in [-0.2, 0) is 4.79 Å². The summed E-state index contributed by atoms with van der Waals surface area (Å²) < 4.78 is 8.15. The minimum atomic E-state index is -0.0100. The molecular weight excluding hydrogens is 396 g/mol. The SMILES string of the molecule is COc1ccc([C@@H](C)[NH2+]CC(=O)Nc2ccnn2C2CCCC2)cc1Br. The van der Waals surface area contributed by atoms with E-state index in [9.17, 15) is 4.79 Å². The Labute approximate surface area is 162 Å². The van der Waals surface area contributed by atoms with E-state index < -0.39 is 0 Å². The van der Waals surface area contributed by atoms with Gasteiger partial charge < -0.3 is 15.4 Å². The number of hydrogen-bond donors (Lipinski definition) is 2. The number of halogens is 1. The number of anilines is 1. The van der Waals surface area contributed by atoms with Crippen molar-refractivity contribution >= 4 is 27.7 Å². The molecule has 140 valence electrons. The Morgan fingerprint density at radius 1 is 1.42 bits per heavy atom. The molecule has 1 amide bonds. The second-order valence-corrected chi connectivity index (χ2v) is 7.62. The molecule has 1 heterocycles. The van der Waals surface area contributed by atoms with E-state index in [1.54, 1.807) is 13.3 Å². The molecule has 1 saturated carbocycles. The highest BCUT2D eigenvalue weighted by Gasteiger charge is 2.21. The highest BCUT2D eigenvalue weighted by Crippen LogP contribution is 2.31. The molecule has 0 spiro atoms. The molecule has 7 heteroatoms. The van der Waals surface area contributed by atoms with Crippen LogP contribution in [0.2, 0.25) is 0 Å². The molecule has 0 radical (unpaired) electrons. The van der Waals surface area contributed by atoms with Gasteiger partial charge in [-0.2, -0.15) is 5.10 Å². The van der Waals surface area contributed by atoms with Gasteiger partial charge in [0, 0.05) is 11.6 Å². The van der Waals surface area contributed by atoms with Gasteiger partial charge in [-0.3, -0.25) is 4.79 Å². The smallest absolute Gasteiger partial charge is 0.280 e. The zero-order valence-corrected chi connectivity index (χ0v) is 16.8. The molecular formula is C19H26BrN4O2+. The van der Waals surface area contributed by atoms with Crippen molar-refractivity contribution in [3.8, 4) is 5.75 Å². The number of aromatic nitrogens is 2. The normalized spacial score (nSPS) is 15.8. The van der Waals surface area contributed by atoms with Crippen molar-refractivity contribution in [2.45, 2.75) is 44.7 Å². The molecule has 0 aliphatic heterocycles. The minimum absolute atomic E-state index is 0.0100. The molecule has 26 heavy (non-hydrogen) atoms. The van der Waals surface area contributed by atoms with Crippen LogP contribution in [0.4, 0.5) is 5.82 Å². The number of nitrogens with zero attached hydrogens (tertiary/aromatic N) is 2. The summed E-state index contributed by atoms with van der Waals surface area (Å²) in [6, 6.07) is 8.46. The number of hydrogen-bond acceptors (Lipinski definition) is 3. The van der Waals surface area contributed by atoms with Crippen LogP contribution in [0, 0.1) is 0 Å². The van der Waals surface area contributed by atoms with Gasteiger partial charge in [-0.1, -0.05) is 12.8 Å². The Hall–Kier alpha value is -1.86. The first kappa shape index (κ1) is 18.9. The van der Waals surface area contributed by atoms with Gasteiger partial charge in [-0.25, -0.2) is 4.68 Å². The van der Waals surface area contributed by atoms with Crippen molar-refractivity contribution < 1.29 is 14.8 Å². The maximum absolute atomic E-state index is 12.4. The maximum Gasteiger partial charge on any atom is 0.280 e. The Balaban J connectivity index is 1.54. The summed E-state index contributed by atoms with van der Waals surface area (Å²) in [6.45, 7) is 2.45. The third-order valence-electron chi connectivity index (χ3n) is 4.97. The molecule has 1 fully saturated rings. The number of ether oxygens (including phenoxy) is 1. The number of nitrogens with two attached hydrogens (primary N) is 1. The molecule has 1 aromatic heterocycles. The van der Waals surface area contributed by atoms with Crippen molar-refractivity contribution in [3.63, 3.8) is 0 Å². The zero-order valence-electron chi connectivity index (χ0n) is 15.2. The van der Waals surface area contributed by atoms with Gasteiger partial charge in [-0.05, 0) is 53.9 Å². The first-order valence-electron chi connectivity index (χ1n) is 9.08. The molecule has 0 saturated heterocycles. The van der Waals surface area contributed by atoms with Gasteiger partial charge in [0.15, 0.2) is 6.54 Å². The van der Waals surface area contributed by atoms with E-state index in [-0.39, 0.29) is 11.9 Å². The van der Waals surface area contributed by atoms with Crippen molar-refractivity contribution in [2.24, 2.45) is 0 Å². The second-order valence-electron chi connectivity index (χ2n) is 6.77. The van der Waals surface area contributed by atoms with E-state index >= 15 is 0 Å². The lowest BCUT2D eigenvalue weighted by Crippen LogP contribution is -2.86. The Bertz CT molecular complexity index is 756. The lowest BCUT2D eigenvalue weighted by Gasteiger charge is -2.15. The van der Waals surface area contributed by atoms with Crippen LogP contribution in [0.15, 0.2) is 34.9 Å². The van der Waals surface area contributed by atoms with Crippen LogP contribution < -0.4 is 15.4 Å². The number of nitrogens with one attached hydrogen (secondary N) is 1. The van der Waals surface area contributed by atoms with E-state index in [2.05, 4.69) is 33.3 Å². The quantitative estimate of drug-likeness (QED) is 0.721. The molecule has 3 rings (SSSR count). The van der Waals surface area contributed by atoms with E-state index in [0.717, 1.165) is 34.4 Å². The van der Waals surface area contributed by atoms with Gasteiger partial charge in [-0.15, -0.1) is 0 Å². The van der Waals surface area contributed by atoms with Crippen molar-refractivity contribution in [3.05, 3.63) is 40.5 Å². The van der Waals surface area contributed by atoms with E-state index in [1.807, 2.05) is 34.3 Å². The van der Waals surface area contributed by atoms with Gasteiger partial charge in [0.1, 0.15) is 17.6 Å². The molecule has 6 nitrogen and oxygen atoms in total. The molecule has 0 bridgehead atoms. The summed E-state index contributed by atoms with van der Waals surface area (Å²) in [5.41, 5.74) is 1.14. The van der Waals surface area contributed by atoms with Crippen LogP contribution >= 0.6 is 15.9 Å². The Kier molecular flexibility index (Phi) is 6.32. The van der Waals surface area contributed by atoms with E-state index in [1.165, 1.54) is 12.8 Å². The van der Waals surface area contributed by atoms with Gasteiger partial charge >= 0.3 is 0 Å². The fourth-order valence-corrected chi connectivity index (χ4v) is 3.99. The predicted octanol–water partition coefficient (Wildman–Crippen LogP) is 3.03. The summed E-state index contributed by atoms with van der Waals surface area (Å²) in [4.78, 5) is 12.4. The molecule has 1 aliphatic rings. The highest BCUT2D eigenvalue weighted by atomic mass is 79.9. The van der Waals surface area contributed by atoms with E-state index in [0.29, 0.717) is 12.6 Å². The molecule has 2 aromatic rings. The highest BCUT2D eigenvalue weighted by molar-refractivity contribution is 9.10. The average molecular weight is 422 g/mol. The number of quaternary nitrogens is 1. The molecule has 1 atom stereocenters. The Morgan fingerprint density at radius 3 is 2.88 bits per heavy atom. The maximum atomic E-state index is 12.4. The van der Waals surface area contributed by atoms with Crippen LogP contribution in [0.3, 0.4) is 0 Å². The number of amides is 1. The summed E-state index contributed by atoms with van der Waals surface area (Å²) in [7, 11) is 1.65. The monoisotopic (exact) mass is 421 g/mol. The number of carbonyl (C=O) groups excluding carboxylic acids is 1. The van der Waals surface area contributed by atoms with Gasteiger partial charge in [0.2, 0.25) is 0 Å². The van der Waals surface area contributed by atoms with Crippen molar-refractivity contribution in [1.29, 1.82) is 0 Å². The van der Waals surface area contributed by atoms with Crippen LogP contribution in [0.1, 0.15) is 50.3 Å². The first-order chi connectivity index (χ1) is 12.6. The minimum Gasteiger partial charge on any atom is -0.496 e. The topological polar surface area (TPSA) is 72.8 Å². The molecule has 3 N–H and O–H groups in total. The summed E-state index contributed by atoms with van der Waals surface area (Å²) in [5.74, 6) is 1.60. The van der Waals surface area contributed by atoms with Crippen molar-refractivity contribution in [1.82, 2.24) is 9.78 Å². The Morgan fingerprint density at radius 2 is 2.19 bits per heavy atom. The summed E-state index contributed by atoms with van der Waals surface area (Å²) in [6.07, 6.45) is 6.51. The van der Waals surface area contributed by atoms with E-state index in [4.69, 9.17) is 4.74 Å². The molecule has 0 unspecified atom stereocenters. The molecule has 1 aliphatic carbocycles. The second kappa shape index (κ2) is 8.68. The van der Waals surface area contributed by atoms with Crippen LogP contribution in [-0.4, -0.2) is 29.3 Å². The number of rotatable bonds is 7. The fourth-order valence-electron chi connectivity index (χ4n) is 3.43. The number of carbonyl (C=O) groups is 1. The van der Waals surface area contributed by atoms with Crippen molar-refractivity contribution in [2.75, 3.05) is 19.0 Å². The zero-order chi connectivity index (χ0) is 18.5. The summed E-state index contributed by atoms with van der Waals surface area (Å²) in [5, 5.41) is 9.43. The predicted molar refractivity (Wildman–Crippen MR) is 104 cm³/mol. The van der Waals surface area contributed by atoms with Gasteiger partial charge in [0.05, 0.1) is 23.8 Å². The van der Waals surface area contributed by atoms with Gasteiger partial charge in [0.25, 0.3) is 5.91 Å². The van der Waals surface area contributed by atoms with Crippen LogP contribution in [0.25, 0.3) is 0 Å². The largest absolute Gasteiger partial charge is 0.496 e. The number of benzene rings is 1. The third kappa shape index (κ3) is 4.45. The first-order valence-corrected chi connectivity index (χ1v) is 9.88. The lowest BCUT2D eigenvalue weighted by molar-refractivity contribution is -0.682.